The SMILES string of the molecule is CC1CCC(Cn2c(C(=O)C3CCCCC3)nc3nc(-c4n[nH]c(=O)o4)nc(-c4cccc(Cl)c4)c32)CC1. The Balaban J connectivity index is 1.56. The summed E-state index contributed by atoms with van der Waals surface area (Å²) in [6.45, 7) is 2.99. The molecular weight excluding hydrogens is 504 g/mol. The number of imidazole rings is 1. The summed E-state index contributed by atoms with van der Waals surface area (Å²) in [6.07, 6.45) is 9.66. The molecule has 2 aliphatic carbocycles. The van der Waals surface area contributed by atoms with Crippen molar-refractivity contribution < 1.29 is 9.21 Å². The van der Waals surface area contributed by atoms with E-state index in [1.165, 1.54) is 19.3 Å². The Kier molecular flexibility index (Phi) is 6.86. The first kappa shape index (κ1) is 25.0. The Morgan fingerprint density at radius 1 is 1.08 bits per heavy atom. The molecule has 0 spiro atoms. The summed E-state index contributed by atoms with van der Waals surface area (Å²) in [6, 6.07) is 7.41. The van der Waals surface area contributed by atoms with Crippen LogP contribution in [0.1, 0.15) is 75.3 Å². The predicted octanol–water partition coefficient (Wildman–Crippen LogP) is 6.08. The minimum absolute atomic E-state index is 0.0305. The number of rotatable bonds is 6. The van der Waals surface area contributed by atoms with Gasteiger partial charge >= 0.3 is 5.76 Å². The van der Waals surface area contributed by atoms with E-state index in [4.69, 9.17) is 26.0 Å². The maximum absolute atomic E-state index is 13.9. The lowest BCUT2D eigenvalue weighted by Crippen LogP contribution is -2.25. The number of H-pyrrole nitrogens is 1. The van der Waals surface area contributed by atoms with E-state index in [1.807, 2.05) is 18.2 Å². The maximum Gasteiger partial charge on any atom is 0.434 e. The number of benzene rings is 1. The normalized spacial score (nSPS) is 20.7. The summed E-state index contributed by atoms with van der Waals surface area (Å²) < 4.78 is 7.23. The van der Waals surface area contributed by atoms with Gasteiger partial charge in [0.25, 0.3) is 5.89 Å². The van der Waals surface area contributed by atoms with Gasteiger partial charge in [-0.05, 0) is 49.7 Å². The van der Waals surface area contributed by atoms with Crippen molar-refractivity contribution >= 4 is 28.5 Å². The van der Waals surface area contributed by atoms with Crippen molar-refractivity contribution in [3.8, 4) is 23.0 Å². The van der Waals surface area contributed by atoms with Crippen molar-refractivity contribution in [1.29, 1.82) is 0 Å². The van der Waals surface area contributed by atoms with E-state index in [1.54, 1.807) is 6.07 Å². The number of hydrogen-bond donors (Lipinski definition) is 1. The largest absolute Gasteiger partial charge is 0.434 e. The molecule has 38 heavy (non-hydrogen) atoms. The standard InChI is InChI=1S/C28H31ClN6O3/c1-16-10-12-17(13-11-16)15-35-22-21(19-8-5-9-20(29)14-19)30-25(27-33-34-28(37)38-27)31-24(22)32-26(35)23(36)18-6-3-2-4-7-18/h5,8-9,14,16-18H,2-4,6-7,10-13,15H2,1H3,(H,34,37). The Hall–Kier alpha value is -3.33. The number of ketones is 1. The second-order valence-corrected chi connectivity index (χ2v) is 11.3. The summed E-state index contributed by atoms with van der Waals surface area (Å²) >= 11 is 6.38. The summed E-state index contributed by atoms with van der Waals surface area (Å²) in [5, 5.41) is 6.76. The average molecular weight is 535 g/mol. The maximum atomic E-state index is 13.9. The lowest BCUT2D eigenvalue weighted by atomic mass is 9.83. The van der Waals surface area contributed by atoms with Gasteiger partial charge in [0.1, 0.15) is 11.2 Å². The third-order valence-corrected chi connectivity index (χ3v) is 8.34. The molecule has 3 aromatic heterocycles. The quantitative estimate of drug-likeness (QED) is 0.298. The number of hydrogen-bond acceptors (Lipinski definition) is 7. The molecular formula is C28H31ClN6O3. The Bertz CT molecular complexity index is 1530. The molecule has 0 atom stereocenters. The first-order valence-electron chi connectivity index (χ1n) is 13.6. The lowest BCUT2D eigenvalue weighted by molar-refractivity contribution is 0.0872. The second-order valence-electron chi connectivity index (χ2n) is 10.9. The van der Waals surface area contributed by atoms with Crippen molar-refractivity contribution in [3.05, 3.63) is 45.7 Å². The number of nitrogens with zero attached hydrogens (tertiary/aromatic N) is 5. The van der Waals surface area contributed by atoms with Crippen molar-refractivity contribution in [1.82, 2.24) is 29.7 Å². The van der Waals surface area contributed by atoms with E-state index in [2.05, 4.69) is 26.7 Å². The molecule has 0 saturated heterocycles. The van der Waals surface area contributed by atoms with Gasteiger partial charge in [-0.15, -0.1) is 5.10 Å². The third-order valence-electron chi connectivity index (χ3n) is 8.10. The van der Waals surface area contributed by atoms with Gasteiger partial charge in [0, 0.05) is 23.0 Å². The molecule has 3 heterocycles. The number of nitrogens with one attached hydrogen (secondary N) is 1. The highest BCUT2D eigenvalue weighted by molar-refractivity contribution is 6.30. The minimum atomic E-state index is -0.696. The number of aromatic amines is 1. The van der Waals surface area contributed by atoms with Gasteiger partial charge in [-0.1, -0.05) is 62.8 Å². The van der Waals surface area contributed by atoms with E-state index in [0.717, 1.165) is 50.0 Å². The smallest absolute Gasteiger partial charge is 0.384 e. The molecule has 1 N–H and O–H groups in total. The van der Waals surface area contributed by atoms with Crippen LogP contribution in [0.2, 0.25) is 5.02 Å². The highest BCUT2D eigenvalue weighted by Crippen LogP contribution is 2.36. The van der Waals surface area contributed by atoms with E-state index in [0.29, 0.717) is 40.2 Å². The van der Waals surface area contributed by atoms with E-state index >= 15 is 0 Å². The molecule has 1 aromatic carbocycles. The van der Waals surface area contributed by atoms with E-state index in [-0.39, 0.29) is 23.4 Å². The molecule has 9 nitrogen and oxygen atoms in total. The molecule has 0 aliphatic heterocycles. The third kappa shape index (κ3) is 4.91. The second kappa shape index (κ2) is 10.4. The first-order chi connectivity index (χ1) is 18.5. The van der Waals surface area contributed by atoms with Crippen molar-refractivity contribution in [2.75, 3.05) is 0 Å². The fourth-order valence-electron chi connectivity index (χ4n) is 5.98. The zero-order valence-corrected chi connectivity index (χ0v) is 22.2. The van der Waals surface area contributed by atoms with Gasteiger partial charge in [-0.25, -0.2) is 24.8 Å². The van der Waals surface area contributed by atoms with Crippen molar-refractivity contribution in [2.45, 2.75) is 71.3 Å². The van der Waals surface area contributed by atoms with Crippen LogP contribution in [-0.4, -0.2) is 35.5 Å². The molecule has 10 heteroatoms. The molecule has 0 amide bonds. The molecule has 198 valence electrons. The fourth-order valence-corrected chi connectivity index (χ4v) is 6.17. The number of fused-ring (bicyclic) bond motifs is 1. The fraction of sp³-hybridized carbons (Fsp3) is 0.500. The number of carbonyl (C=O) groups excluding carboxylic acids is 1. The summed E-state index contributed by atoms with van der Waals surface area (Å²) in [7, 11) is 0. The molecule has 2 saturated carbocycles. The molecule has 0 unspecified atom stereocenters. The van der Waals surface area contributed by atoms with Crippen molar-refractivity contribution in [2.24, 2.45) is 17.8 Å². The van der Waals surface area contributed by atoms with Crippen LogP contribution in [0.5, 0.6) is 0 Å². The predicted molar refractivity (Wildman–Crippen MR) is 144 cm³/mol. The van der Waals surface area contributed by atoms with Crippen LogP contribution in [0.25, 0.3) is 34.1 Å². The molecule has 0 bridgehead atoms. The topological polar surface area (TPSA) is 120 Å². The van der Waals surface area contributed by atoms with Gasteiger partial charge in [-0.3, -0.25) is 4.79 Å². The Morgan fingerprint density at radius 3 is 2.58 bits per heavy atom. The molecule has 2 fully saturated rings. The number of aromatic nitrogens is 6. The van der Waals surface area contributed by atoms with Gasteiger partial charge < -0.3 is 8.98 Å². The van der Waals surface area contributed by atoms with E-state index in [9.17, 15) is 9.59 Å². The Morgan fingerprint density at radius 2 is 1.87 bits per heavy atom. The van der Waals surface area contributed by atoms with Crippen LogP contribution in [0.3, 0.4) is 0 Å². The van der Waals surface area contributed by atoms with Crippen LogP contribution in [0, 0.1) is 17.8 Å². The molecule has 4 aromatic rings. The Labute approximate surface area is 225 Å². The van der Waals surface area contributed by atoms with Crippen molar-refractivity contribution in [3.63, 3.8) is 0 Å². The van der Waals surface area contributed by atoms with Gasteiger partial charge in [-0.2, -0.15) is 0 Å². The van der Waals surface area contributed by atoms with Gasteiger partial charge in [0.15, 0.2) is 11.5 Å². The zero-order valence-electron chi connectivity index (χ0n) is 21.5. The monoisotopic (exact) mass is 534 g/mol. The highest BCUT2D eigenvalue weighted by atomic mass is 35.5. The van der Waals surface area contributed by atoms with Gasteiger partial charge in [0.2, 0.25) is 11.6 Å². The number of carbonyl (C=O) groups is 1. The zero-order chi connectivity index (χ0) is 26.2. The average Bonchev–Trinajstić information content (AvgIpc) is 3.53. The highest BCUT2D eigenvalue weighted by Gasteiger charge is 2.31. The van der Waals surface area contributed by atoms with Crippen LogP contribution >= 0.6 is 11.6 Å². The van der Waals surface area contributed by atoms with Gasteiger partial charge in [0.05, 0.1) is 0 Å². The molecule has 0 radical (unpaired) electrons. The number of halogens is 1. The van der Waals surface area contributed by atoms with Crippen LogP contribution in [0.15, 0.2) is 33.5 Å². The summed E-state index contributed by atoms with van der Waals surface area (Å²) in [5.74, 6) is 1.06. The number of Topliss-reactive ketones (excluding diaryl/α,β-unsaturated/α-hetero) is 1. The molecule has 6 rings (SSSR count). The minimum Gasteiger partial charge on any atom is -0.384 e. The summed E-state index contributed by atoms with van der Waals surface area (Å²) in [4.78, 5) is 39.9. The van der Waals surface area contributed by atoms with E-state index < -0.39 is 5.76 Å². The summed E-state index contributed by atoms with van der Waals surface area (Å²) in [5.41, 5.74) is 2.43. The first-order valence-corrected chi connectivity index (χ1v) is 14.0. The lowest BCUT2D eigenvalue weighted by Gasteiger charge is -2.27. The van der Waals surface area contributed by atoms with Crippen LogP contribution in [-0.2, 0) is 6.54 Å². The molecule has 2 aliphatic rings. The van der Waals surface area contributed by atoms with Crippen LogP contribution in [0.4, 0.5) is 0 Å². The van der Waals surface area contributed by atoms with Crippen LogP contribution < -0.4 is 5.76 Å².